The maximum absolute atomic E-state index is 12.0. The van der Waals surface area contributed by atoms with E-state index in [0.717, 1.165) is 11.3 Å². The van der Waals surface area contributed by atoms with Crippen LogP contribution in [0.15, 0.2) is 51.8 Å². The lowest BCUT2D eigenvalue weighted by Crippen LogP contribution is -2.26. The van der Waals surface area contributed by atoms with Gasteiger partial charge in [0.15, 0.2) is 0 Å². The third kappa shape index (κ3) is 3.23. The first kappa shape index (κ1) is 14.8. The Morgan fingerprint density at radius 3 is 2.70 bits per heavy atom. The number of nitrogens with one attached hydrogen (secondary N) is 1. The molecule has 0 saturated heterocycles. The number of methoxy groups -OCH3 is 1. The van der Waals surface area contributed by atoms with Crippen molar-refractivity contribution in [2.45, 2.75) is 13.0 Å². The maximum Gasteiger partial charge on any atom is 0.255 e. The van der Waals surface area contributed by atoms with Crippen molar-refractivity contribution in [3.8, 4) is 17.1 Å². The second kappa shape index (κ2) is 6.35. The topological polar surface area (TPSA) is 90.4 Å². The summed E-state index contributed by atoms with van der Waals surface area (Å²) in [6.07, 6.45) is 2.81. The summed E-state index contributed by atoms with van der Waals surface area (Å²) in [6.45, 7) is 1.77. The van der Waals surface area contributed by atoms with Gasteiger partial charge in [-0.1, -0.05) is 5.16 Å². The third-order valence-corrected chi connectivity index (χ3v) is 3.29. The summed E-state index contributed by atoms with van der Waals surface area (Å²) in [5, 5.41) is 6.70. The highest BCUT2D eigenvalue weighted by Crippen LogP contribution is 2.21. The molecule has 0 radical (unpaired) electrons. The molecule has 0 aliphatic rings. The summed E-state index contributed by atoms with van der Waals surface area (Å²) >= 11 is 0. The summed E-state index contributed by atoms with van der Waals surface area (Å²) in [5.41, 5.74) is 1.24. The number of rotatable bonds is 5. The molecule has 1 N–H and O–H groups in total. The average Bonchev–Trinajstić information content (AvgIpc) is 3.26. The van der Waals surface area contributed by atoms with E-state index in [2.05, 4.69) is 15.5 Å². The fraction of sp³-hybridized carbons (Fsp3) is 0.188. The summed E-state index contributed by atoms with van der Waals surface area (Å²) in [7, 11) is 1.60. The zero-order valence-corrected chi connectivity index (χ0v) is 12.6. The second-order valence-corrected chi connectivity index (χ2v) is 4.89. The molecule has 0 bridgehead atoms. The highest BCUT2D eigenvalue weighted by Gasteiger charge is 2.18. The minimum absolute atomic E-state index is 0.268. The van der Waals surface area contributed by atoms with Gasteiger partial charge in [-0.25, -0.2) is 0 Å². The lowest BCUT2D eigenvalue weighted by molar-refractivity contribution is 0.0932. The number of benzene rings is 1. The fourth-order valence-corrected chi connectivity index (χ4v) is 2.00. The molecule has 7 nitrogen and oxygen atoms in total. The average molecular weight is 313 g/mol. The Bertz CT molecular complexity index is 778. The van der Waals surface area contributed by atoms with Gasteiger partial charge >= 0.3 is 0 Å². The van der Waals surface area contributed by atoms with Gasteiger partial charge in [0.25, 0.3) is 5.91 Å². The van der Waals surface area contributed by atoms with E-state index in [0.29, 0.717) is 17.3 Å². The van der Waals surface area contributed by atoms with E-state index in [1.807, 2.05) is 24.3 Å². The van der Waals surface area contributed by atoms with Crippen LogP contribution in [0.3, 0.4) is 0 Å². The first-order valence-corrected chi connectivity index (χ1v) is 6.98. The van der Waals surface area contributed by atoms with Gasteiger partial charge < -0.3 is 19.0 Å². The van der Waals surface area contributed by atoms with Crippen molar-refractivity contribution in [3.63, 3.8) is 0 Å². The Balaban J connectivity index is 1.71. The van der Waals surface area contributed by atoms with Gasteiger partial charge in [0.05, 0.1) is 18.9 Å². The fourth-order valence-electron chi connectivity index (χ4n) is 2.00. The molecule has 2 heterocycles. The molecular weight excluding hydrogens is 298 g/mol. The predicted molar refractivity (Wildman–Crippen MR) is 80.9 cm³/mol. The van der Waals surface area contributed by atoms with E-state index in [9.17, 15) is 4.79 Å². The zero-order chi connectivity index (χ0) is 16.2. The van der Waals surface area contributed by atoms with Crippen molar-refractivity contribution in [1.29, 1.82) is 0 Å². The summed E-state index contributed by atoms with van der Waals surface area (Å²) in [4.78, 5) is 16.3. The molecule has 0 aliphatic carbocycles. The zero-order valence-electron chi connectivity index (χ0n) is 12.6. The van der Waals surface area contributed by atoms with E-state index in [4.69, 9.17) is 13.7 Å². The van der Waals surface area contributed by atoms with E-state index >= 15 is 0 Å². The molecular formula is C16H15N3O4. The number of hydrogen-bond donors (Lipinski definition) is 1. The van der Waals surface area contributed by atoms with Crippen LogP contribution in [0.25, 0.3) is 11.4 Å². The van der Waals surface area contributed by atoms with Gasteiger partial charge in [0, 0.05) is 5.56 Å². The van der Waals surface area contributed by atoms with Crippen LogP contribution in [0.2, 0.25) is 0 Å². The molecule has 0 unspecified atom stereocenters. The molecule has 1 atom stereocenters. The number of carbonyl (C=O) groups excluding carboxylic acids is 1. The number of aromatic nitrogens is 2. The van der Waals surface area contributed by atoms with Gasteiger partial charge in [-0.3, -0.25) is 4.79 Å². The van der Waals surface area contributed by atoms with Crippen molar-refractivity contribution in [2.24, 2.45) is 0 Å². The van der Waals surface area contributed by atoms with Crippen LogP contribution >= 0.6 is 0 Å². The highest BCUT2D eigenvalue weighted by molar-refractivity contribution is 5.93. The molecule has 2 aromatic heterocycles. The first-order chi connectivity index (χ1) is 11.2. The van der Waals surface area contributed by atoms with E-state index in [-0.39, 0.29) is 5.91 Å². The van der Waals surface area contributed by atoms with Gasteiger partial charge in [0.1, 0.15) is 18.1 Å². The van der Waals surface area contributed by atoms with Crippen LogP contribution < -0.4 is 10.1 Å². The minimum Gasteiger partial charge on any atom is -0.497 e. The Morgan fingerprint density at radius 1 is 1.26 bits per heavy atom. The summed E-state index contributed by atoms with van der Waals surface area (Å²) in [5.74, 6) is 1.26. The Kier molecular flexibility index (Phi) is 4.09. The SMILES string of the molecule is COc1ccc(-c2noc([C@@H](C)NC(=O)c3ccoc3)n2)cc1. The molecule has 1 amide bonds. The van der Waals surface area contributed by atoms with Gasteiger partial charge in [0.2, 0.25) is 11.7 Å². The summed E-state index contributed by atoms with van der Waals surface area (Å²) in [6, 6.07) is 8.46. The standard InChI is InChI=1S/C16H15N3O4/c1-10(17-15(20)12-7-8-22-9-12)16-18-14(19-23-16)11-3-5-13(21-2)6-4-11/h3-10H,1-2H3,(H,17,20)/t10-/m1/s1. The number of hydrogen-bond acceptors (Lipinski definition) is 6. The van der Waals surface area contributed by atoms with E-state index in [1.54, 1.807) is 20.1 Å². The van der Waals surface area contributed by atoms with Gasteiger partial charge in [-0.15, -0.1) is 0 Å². The Morgan fingerprint density at radius 2 is 2.04 bits per heavy atom. The van der Waals surface area contributed by atoms with Crippen molar-refractivity contribution < 1.29 is 18.5 Å². The van der Waals surface area contributed by atoms with Crippen LogP contribution in [0.4, 0.5) is 0 Å². The quantitative estimate of drug-likeness (QED) is 0.779. The highest BCUT2D eigenvalue weighted by atomic mass is 16.5. The smallest absolute Gasteiger partial charge is 0.255 e. The third-order valence-electron chi connectivity index (χ3n) is 3.29. The Hall–Kier alpha value is -3.09. The van der Waals surface area contributed by atoms with Crippen LogP contribution in [-0.2, 0) is 0 Å². The number of nitrogens with zero attached hydrogens (tertiary/aromatic N) is 2. The van der Waals surface area contributed by atoms with Crippen molar-refractivity contribution in [2.75, 3.05) is 7.11 Å². The maximum atomic E-state index is 12.0. The molecule has 0 spiro atoms. The number of furan rings is 1. The molecule has 1 aromatic carbocycles. The van der Waals surface area contributed by atoms with E-state index in [1.165, 1.54) is 12.5 Å². The van der Waals surface area contributed by atoms with Crippen LogP contribution in [0.5, 0.6) is 5.75 Å². The molecule has 7 heteroatoms. The van der Waals surface area contributed by atoms with Crippen LogP contribution in [0.1, 0.15) is 29.2 Å². The molecule has 0 aliphatic heterocycles. The van der Waals surface area contributed by atoms with E-state index < -0.39 is 6.04 Å². The van der Waals surface area contributed by atoms with Crippen LogP contribution in [0, 0.1) is 0 Å². The molecule has 0 fully saturated rings. The monoisotopic (exact) mass is 313 g/mol. The number of amides is 1. The lowest BCUT2D eigenvalue weighted by atomic mass is 10.2. The van der Waals surface area contributed by atoms with Crippen molar-refractivity contribution in [3.05, 3.63) is 54.3 Å². The number of carbonyl (C=O) groups is 1. The minimum atomic E-state index is -0.420. The molecule has 3 aromatic rings. The molecule has 0 saturated carbocycles. The molecule has 23 heavy (non-hydrogen) atoms. The number of ether oxygens (including phenoxy) is 1. The largest absolute Gasteiger partial charge is 0.497 e. The van der Waals surface area contributed by atoms with Gasteiger partial charge in [-0.05, 0) is 37.3 Å². The Labute approximate surface area is 132 Å². The predicted octanol–water partition coefficient (Wildman–Crippen LogP) is 2.83. The summed E-state index contributed by atoms with van der Waals surface area (Å²) < 4.78 is 15.2. The van der Waals surface area contributed by atoms with Gasteiger partial charge in [-0.2, -0.15) is 4.98 Å². The molecule has 3 rings (SSSR count). The van der Waals surface area contributed by atoms with Crippen LogP contribution in [-0.4, -0.2) is 23.2 Å². The first-order valence-electron chi connectivity index (χ1n) is 6.98. The van der Waals surface area contributed by atoms with Crippen molar-refractivity contribution >= 4 is 5.91 Å². The lowest BCUT2D eigenvalue weighted by Gasteiger charge is -2.07. The normalized spacial score (nSPS) is 11.9. The molecule has 118 valence electrons. The second-order valence-electron chi connectivity index (χ2n) is 4.89. The van der Waals surface area contributed by atoms with Crippen molar-refractivity contribution in [1.82, 2.24) is 15.5 Å².